The van der Waals surface area contributed by atoms with Gasteiger partial charge in [0, 0.05) is 0 Å². The maximum atomic E-state index is 12.3. The number of hydrogen-bond donors (Lipinski definition) is 0. The second-order valence-corrected chi connectivity index (χ2v) is 8.06. The van der Waals surface area contributed by atoms with Crippen LogP contribution in [0.4, 0.5) is 0 Å². The molecule has 0 unspecified atom stereocenters. The van der Waals surface area contributed by atoms with E-state index in [2.05, 4.69) is 24.7 Å². The van der Waals surface area contributed by atoms with Crippen LogP contribution in [0.3, 0.4) is 0 Å². The molecule has 1 aromatic heterocycles. The van der Waals surface area contributed by atoms with Crippen molar-refractivity contribution in [2.45, 2.75) is 58.8 Å². The van der Waals surface area contributed by atoms with Crippen molar-refractivity contribution < 1.29 is 19.1 Å². The van der Waals surface area contributed by atoms with E-state index in [9.17, 15) is 9.59 Å². The van der Waals surface area contributed by atoms with E-state index in [4.69, 9.17) is 4.74 Å². The van der Waals surface area contributed by atoms with Crippen LogP contribution in [0.2, 0.25) is 0 Å². The number of hydrogen-bond acceptors (Lipinski definition) is 5. The van der Waals surface area contributed by atoms with Crippen LogP contribution in [0.5, 0.6) is 5.75 Å². The molecule has 0 amide bonds. The number of methoxy groups -OCH3 is 1. The van der Waals surface area contributed by atoms with Gasteiger partial charge in [0.1, 0.15) is 10.6 Å². The van der Waals surface area contributed by atoms with Crippen molar-refractivity contribution in [3.63, 3.8) is 0 Å². The fraction of sp³-hybridized carbons (Fsp3) is 0.478. The third kappa shape index (κ3) is 6.79. The molecule has 0 bridgehead atoms. The minimum atomic E-state index is -0.429. The van der Waals surface area contributed by atoms with Gasteiger partial charge in [-0.2, -0.15) is 0 Å². The molecule has 0 aliphatic carbocycles. The lowest BCUT2D eigenvalue weighted by Gasteiger charge is -2.10. The van der Waals surface area contributed by atoms with E-state index in [1.165, 1.54) is 56.8 Å². The molecule has 0 saturated heterocycles. The van der Waals surface area contributed by atoms with Gasteiger partial charge in [0.15, 0.2) is 6.61 Å². The van der Waals surface area contributed by atoms with Gasteiger partial charge in [-0.3, -0.25) is 4.79 Å². The van der Waals surface area contributed by atoms with Gasteiger partial charge in [0.2, 0.25) is 5.78 Å². The van der Waals surface area contributed by atoms with Crippen molar-refractivity contribution >= 4 is 23.1 Å². The first-order valence-electron chi connectivity index (χ1n) is 9.98. The second-order valence-electron chi connectivity index (χ2n) is 6.97. The quantitative estimate of drug-likeness (QED) is 0.248. The minimum Gasteiger partial charge on any atom is -0.485 e. The van der Waals surface area contributed by atoms with Gasteiger partial charge in [-0.15, -0.1) is 11.3 Å². The Labute approximate surface area is 171 Å². The Morgan fingerprint density at radius 2 is 1.68 bits per heavy atom. The highest BCUT2D eigenvalue weighted by Gasteiger charge is 2.14. The van der Waals surface area contributed by atoms with E-state index in [1.54, 1.807) is 12.1 Å². The molecule has 0 radical (unpaired) electrons. The lowest BCUT2D eigenvalue weighted by atomic mass is 10.0. The lowest BCUT2D eigenvalue weighted by molar-refractivity contribution is 0.0606. The highest BCUT2D eigenvalue weighted by atomic mass is 32.1. The molecule has 0 aliphatic rings. The number of thiophene rings is 1. The second kappa shape index (κ2) is 11.6. The number of benzene rings is 1. The molecule has 1 heterocycles. The zero-order valence-electron chi connectivity index (χ0n) is 17.1. The van der Waals surface area contributed by atoms with Crippen LogP contribution >= 0.6 is 11.3 Å². The van der Waals surface area contributed by atoms with Crippen LogP contribution < -0.4 is 4.74 Å². The summed E-state index contributed by atoms with van der Waals surface area (Å²) in [6, 6.07) is 9.26. The molecule has 5 heteroatoms. The van der Waals surface area contributed by atoms with Crippen LogP contribution in [0.1, 0.15) is 75.9 Å². The first kappa shape index (κ1) is 22.2. The van der Waals surface area contributed by atoms with E-state index in [-0.39, 0.29) is 12.4 Å². The molecule has 2 rings (SSSR count). The highest BCUT2D eigenvalue weighted by Crippen LogP contribution is 2.21. The van der Waals surface area contributed by atoms with Gasteiger partial charge in [0.25, 0.3) is 0 Å². The van der Waals surface area contributed by atoms with E-state index in [1.807, 2.05) is 12.1 Å². The van der Waals surface area contributed by atoms with Gasteiger partial charge in [-0.1, -0.05) is 45.1 Å². The molecule has 152 valence electrons. The van der Waals surface area contributed by atoms with Crippen LogP contribution in [0.15, 0.2) is 30.3 Å². The first-order chi connectivity index (χ1) is 13.5. The maximum Gasteiger partial charge on any atom is 0.348 e. The fourth-order valence-electron chi connectivity index (χ4n) is 3.05. The Morgan fingerprint density at radius 3 is 2.39 bits per heavy atom. The van der Waals surface area contributed by atoms with Crippen molar-refractivity contribution in [1.82, 2.24) is 0 Å². The summed E-state index contributed by atoms with van der Waals surface area (Å²) in [6.07, 6.45) is 8.84. The van der Waals surface area contributed by atoms with E-state index >= 15 is 0 Å². The Balaban J connectivity index is 1.81. The molecule has 2 aromatic rings. The van der Waals surface area contributed by atoms with Crippen LogP contribution in [-0.2, 0) is 11.2 Å². The van der Waals surface area contributed by atoms with Gasteiger partial charge in [-0.05, 0) is 55.2 Å². The average molecular weight is 403 g/mol. The summed E-state index contributed by atoms with van der Waals surface area (Å²) in [4.78, 5) is 24.7. The van der Waals surface area contributed by atoms with Crippen molar-refractivity contribution in [1.29, 1.82) is 0 Å². The Bertz CT molecular complexity index is 779. The zero-order valence-corrected chi connectivity index (χ0v) is 17.9. The number of rotatable bonds is 12. The van der Waals surface area contributed by atoms with Crippen molar-refractivity contribution in [3.05, 3.63) is 51.2 Å². The van der Waals surface area contributed by atoms with Crippen LogP contribution in [0.25, 0.3) is 0 Å². The summed E-state index contributed by atoms with van der Waals surface area (Å²) in [7, 11) is 1.32. The summed E-state index contributed by atoms with van der Waals surface area (Å²) in [5, 5.41) is 0. The highest BCUT2D eigenvalue weighted by molar-refractivity contribution is 7.15. The van der Waals surface area contributed by atoms with Gasteiger partial charge in [-0.25, -0.2) is 4.79 Å². The largest absolute Gasteiger partial charge is 0.485 e. The standard InChI is InChI=1S/C23H30O4S/c1-4-5-6-7-8-9-10-18-11-12-19(15-17(18)2)27-16-20(24)21-13-14-22(28-21)23(25)26-3/h11-15H,4-10,16H2,1-3H3. The molecule has 0 atom stereocenters. The predicted octanol–water partition coefficient (Wildman–Crippen LogP) is 6.01. The number of Topliss-reactive ketones (excluding diaryl/α,β-unsaturated/α-hetero) is 1. The fourth-order valence-corrected chi connectivity index (χ4v) is 3.90. The molecular weight excluding hydrogens is 372 g/mol. The summed E-state index contributed by atoms with van der Waals surface area (Å²) >= 11 is 1.13. The number of unbranched alkanes of at least 4 members (excludes halogenated alkanes) is 5. The summed E-state index contributed by atoms with van der Waals surface area (Å²) < 4.78 is 10.3. The minimum absolute atomic E-state index is 0.0443. The smallest absolute Gasteiger partial charge is 0.348 e. The Hall–Kier alpha value is -2.14. The molecule has 0 fully saturated rings. The van der Waals surface area contributed by atoms with Gasteiger partial charge >= 0.3 is 5.97 Å². The number of ketones is 1. The van der Waals surface area contributed by atoms with Crippen molar-refractivity contribution in [3.8, 4) is 5.75 Å². The third-order valence-electron chi connectivity index (χ3n) is 4.75. The Kier molecular flexibility index (Phi) is 9.21. The molecule has 0 saturated carbocycles. The summed E-state index contributed by atoms with van der Waals surface area (Å²) in [5.41, 5.74) is 2.54. The molecule has 1 aromatic carbocycles. The first-order valence-corrected chi connectivity index (χ1v) is 10.8. The van der Waals surface area contributed by atoms with Crippen molar-refractivity contribution in [2.75, 3.05) is 13.7 Å². The number of aryl methyl sites for hydroxylation is 2. The normalized spacial score (nSPS) is 10.7. The van der Waals surface area contributed by atoms with Crippen LogP contribution in [0, 0.1) is 6.92 Å². The Morgan fingerprint density at radius 1 is 0.964 bits per heavy atom. The molecule has 0 aliphatic heterocycles. The number of esters is 1. The number of carbonyl (C=O) groups is 2. The number of carbonyl (C=O) groups excluding carboxylic acids is 2. The maximum absolute atomic E-state index is 12.3. The summed E-state index contributed by atoms with van der Waals surface area (Å²) in [6.45, 7) is 4.28. The predicted molar refractivity (Wildman–Crippen MR) is 114 cm³/mol. The lowest BCUT2D eigenvalue weighted by Crippen LogP contribution is -2.10. The zero-order chi connectivity index (χ0) is 20.4. The molecule has 0 N–H and O–H groups in total. The third-order valence-corrected chi connectivity index (χ3v) is 5.86. The molecule has 0 spiro atoms. The van der Waals surface area contributed by atoms with Gasteiger partial charge in [0.05, 0.1) is 12.0 Å². The molecule has 4 nitrogen and oxygen atoms in total. The number of ether oxygens (including phenoxy) is 2. The van der Waals surface area contributed by atoms with E-state index in [0.29, 0.717) is 15.5 Å². The van der Waals surface area contributed by atoms with Crippen LogP contribution in [-0.4, -0.2) is 25.5 Å². The molecular formula is C23H30O4S. The molecule has 28 heavy (non-hydrogen) atoms. The van der Waals surface area contributed by atoms with E-state index in [0.717, 1.165) is 17.8 Å². The average Bonchev–Trinajstić information content (AvgIpc) is 3.19. The van der Waals surface area contributed by atoms with E-state index < -0.39 is 5.97 Å². The monoisotopic (exact) mass is 402 g/mol. The topological polar surface area (TPSA) is 52.6 Å². The van der Waals surface area contributed by atoms with Gasteiger partial charge < -0.3 is 9.47 Å². The summed E-state index contributed by atoms with van der Waals surface area (Å²) in [5.74, 6) is 0.123. The van der Waals surface area contributed by atoms with Crippen molar-refractivity contribution in [2.24, 2.45) is 0 Å². The SMILES string of the molecule is CCCCCCCCc1ccc(OCC(=O)c2ccc(C(=O)OC)s2)cc1C.